The van der Waals surface area contributed by atoms with E-state index in [1.54, 1.807) is 0 Å². The van der Waals surface area contributed by atoms with E-state index in [0.29, 0.717) is 12.8 Å². The van der Waals surface area contributed by atoms with Crippen LogP contribution < -0.4 is 0 Å². The van der Waals surface area contributed by atoms with Crippen molar-refractivity contribution in [2.45, 2.75) is 386 Å². The lowest BCUT2D eigenvalue weighted by Crippen LogP contribution is -2.28. The molecule has 5 nitrogen and oxygen atoms in total. The van der Waals surface area contributed by atoms with Gasteiger partial charge < -0.3 is 14.6 Å². The molecule has 0 fully saturated rings. The molecule has 0 aliphatic carbocycles. The predicted molar refractivity (Wildman–Crippen MR) is 339 cm³/mol. The van der Waals surface area contributed by atoms with Crippen LogP contribution in [0, 0.1) is 0 Å². The monoisotopic (exact) mass is 1080 g/mol. The lowest BCUT2D eigenvalue weighted by atomic mass is 10.0. The van der Waals surface area contributed by atoms with Crippen molar-refractivity contribution in [3.8, 4) is 0 Å². The summed E-state index contributed by atoms with van der Waals surface area (Å²) < 4.78 is 10.7. The number of esters is 2. The van der Waals surface area contributed by atoms with Crippen molar-refractivity contribution in [1.29, 1.82) is 0 Å². The molecule has 77 heavy (non-hydrogen) atoms. The summed E-state index contributed by atoms with van der Waals surface area (Å²) in [6.07, 6.45) is 91.6. The summed E-state index contributed by atoms with van der Waals surface area (Å²) in [5.74, 6) is -0.578. The Hall–Kier alpha value is -2.14. The Morgan fingerprint density at radius 2 is 0.558 bits per heavy atom. The van der Waals surface area contributed by atoms with Gasteiger partial charge in [-0.15, -0.1) is 0 Å². The molecule has 0 heterocycles. The molecular formula is C72H134O5. The van der Waals surface area contributed by atoms with Crippen LogP contribution >= 0.6 is 0 Å². The van der Waals surface area contributed by atoms with Gasteiger partial charge in [-0.05, 0) is 51.4 Å². The molecule has 0 saturated heterocycles. The zero-order valence-corrected chi connectivity index (χ0v) is 52.0. The van der Waals surface area contributed by atoms with E-state index in [4.69, 9.17) is 9.47 Å². The van der Waals surface area contributed by atoms with Crippen LogP contribution in [0.25, 0.3) is 0 Å². The van der Waals surface area contributed by atoms with E-state index in [1.165, 1.54) is 289 Å². The summed E-state index contributed by atoms with van der Waals surface area (Å²) in [7, 11) is 0. The van der Waals surface area contributed by atoms with E-state index in [1.807, 2.05) is 0 Å². The second kappa shape index (κ2) is 68.1. The second-order valence-corrected chi connectivity index (χ2v) is 23.6. The average Bonchev–Trinajstić information content (AvgIpc) is 3.43. The summed E-state index contributed by atoms with van der Waals surface area (Å²) in [5, 5.41) is 9.68. The van der Waals surface area contributed by atoms with Gasteiger partial charge in [-0.25, -0.2) is 0 Å². The number of carbonyl (C=O) groups excluding carboxylic acids is 2. The molecule has 0 saturated carbocycles. The molecule has 5 heteroatoms. The third-order valence-corrected chi connectivity index (χ3v) is 15.9. The maximum absolute atomic E-state index is 12.3. The van der Waals surface area contributed by atoms with Gasteiger partial charge in [-0.1, -0.05) is 364 Å². The number of ether oxygens (including phenoxy) is 2. The van der Waals surface area contributed by atoms with E-state index in [9.17, 15) is 14.7 Å². The molecule has 1 atom stereocenters. The number of allylic oxidation sites excluding steroid dienone is 8. The fourth-order valence-corrected chi connectivity index (χ4v) is 10.7. The van der Waals surface area contributed by atoms with Crippen LogP contribution in [0.1, 0.15) is 380 Å². The van der Waals surface area contributed by atoms with Crippen LogP contribution in [-0.2, 0) is 19.1 Å². The molecule has 1 unspecified atom stereocenters. The van der Waals surface area contributed by atoms with Gasteiger partial charge in [0.05, 0.1) is 6.61 Å². The molecule has 0 aromatic rings. The molecule has 452 valence electrons. The number of hydrogen-bond donors (Lipinski definition) is 1. The number of carbonyl (C=O) groups is 2. The van der Waals surface area contributed by atoms with Crippen LogP contribution in [0.15, 0.2) is 48.6 Å². The molecule has 0 aliphatic heterocycles. The normalized spacial score (nSPS) is 12.4. The third kappa shape index (κ3) is 66.3. The highest BCUT2D eigenvalue weighted by Gasteiger charge is 2.16. The number of unbranched alkanes of at least 4 members (excludes halogenated alkanes) is 49. The first-order chi connectivity index (χ1) is 38.1. The SMILES string of the molecule is CC/C=C\C/C=C\C/C=C\C/C=C\CCCCCCCCCCCCC(=O)OC(CO)COC(=O)CCCCCCCCCCCCCCCCCCCCCCCCCCCCCCCCCCCCCCCCCC. The van der Waals surface area contributed by atoms with Crippen LogP contribution in [-0.4, -0.2) is 36.4 Å². The smallest absolute Gasteiger partial charge is 0.306 e. The van der Waals surface area contributed by atoms with Crippen LogP contribution in [0.5, 0.6) is 0 Å². The molecule has 0 aromatic carbocycles. The highest BCUT2D eigenvalue weighted by molar-refractivity contribution is 5.70. The minimum Gasteiger partial charge on any atom is -0.462 e. The lowest BCUT2D eigenvalue weighted by Gasteiger charge is -2.15. The average molecular weight is 1080 g/mol. The minimum atomic E-state index is -0.775. The minimum absolute atomic E-state index is 0.0642. The number of rotatable bonds is 65. The number of hydrogen-bond acceptors (Lipinski definition) is 5. The highest BCUT2D eigenvalue weighted by atomic mass is 16.6. The first-order valence-corrected chi connectivity index (χ1v) is 34.7. The first-order valence-electron chi connectivity index (χ1n) is 34.7. The van der Waals surface area contributed by atoms with Gasteiger partial charge in [-0.3, -0.25) is 9.59 Å². The van der Waals surface area contributed by atoms with Crippen molar-refractivity contribution in [3.63, 3.8) is 0 Å². The van der Waals surface area contributed by atoms with E-state index < -0.39 is 6.10 Å². The second-order valence-electron chi connectivity index (χ2n) is 23.6. The van der Waals surface area contributed by atoms with Crippen molar-refractivity contribution < 1.29 is 24.2 Å². The van der Waals surface area contributed by atoms with Gasteiger partial charge >= 0.3 is 11.9 Å². The first kappa shape index (κ1) is 74.9. The van der Waals surface area contributed by atoms with Crippen LogP contribution in [0.2, 0.25) is 0 Å². The zero-order chi connectivity index (χ0) is 55.5. The molecule has 0 spiro atoms. The Kier molecular flexibility index (Phi) is 66.2. The molecular weight excluding hydrogens is 945 g/mol. The van der Waals surface area contributed by atoms with Crippen LogP contribution in [0.4, 0.5) is 0 Å². The van der Waals surface area contributed by atoms with Crippen molar-refractivity contribution >= 4 is 11.9 Å². The standard InChI is InChI=1S/C72H134O5/c1-3-5-7-9-11-13-15-17-19-21-23-25-27-28-29-30-31-32-33-34-35-36-37-38-39-40-41-42-43-45-46-48-50-52-54-56-58-60-62-64-66-71(74)76-69-70(68-73)77-72(75)67-65-63-61-59-57-55-53-51-49-47-44-26-24-22-20-18-16-14-12-10-8-6-4-2/h6,8,12,14,18,20,24,26,70,73H,3-5,7,9-11,13,15-17,19,21-23,25,27-69H2,1-2H3/b8-6-,14-12-,20-18-,26-24-. The van der Waals surface area contributed by atoms with Crippen molar-refractivity contribution in [1.82, 2.24) is 0 Å². The molecule has 0 aliphatic rings. The van der Waals surface area contributed by atoms with E-state index >= 15 is 0 Å². The third-order valence-electron chi connectivity index (χ3n) is 15.9. The Morgan fingerprint density at radius 3 is 0.844 bits per heavy atom. The van der Waals surface area contributed by atoms with Crippen LogP contribution in [0.3, 0.4) is 0 Å². The van der Waals surface area contributed by atoms with Gasteiger partial charge in [0, 0.05) is 12.8 Å². The lowest BCUT2D eigenvalue weighted by molar-refractivity contribution is -0.161. The summed E-state index contributed by atoms with van der Waals surface area (Å²) >= 11 is 0. The maximum Gasteiger partial charge on any atom is 0.306 e. The largest absolute Gasteiger partial charge is 0.462 e. The Morgan fingerprint density at radius 1 is 0.312 bits per heavy atom. The van der Waals surface area contributed by atoms with Gasteiger partial charge in [0.15, 0.2) is 6.10 Å². The summed E-state index contributed by atoms with van der Waals surface area (Å²) in [5.41, 5.74) is 0. The van der Waals surface area contributed by atoms with Gasteiger partial charge in [-0.2, -0.15) is 0 Å². The molecule has 0 aromatic heterocycles. The molecule has 1 N–H and O–H groups in total. The Labute approximate surface area is 481 Å². The summed E-state index contributed by atoms with van der Waals surface area (Å²) in [4.78, 5) is 24.6. The summed E-state index contributed by atoms with van der Waals surface area (Å²) in [6.45, 7) is 4.08. The van der Waals surface area contributed by atoms with Gasteiger partial charge in [0.25, 0.3) is 0 Å². The van der Waals surface area contributed by atoms with E-state index in [-0.39, 0.29) is 25.2 Å². The zero-order valence-electron chi connectivity index (χ0n) is 52.0. The van der Waals surface area contributed by atoms with Gasteiger partial charge in [0.1, 0.15) is 6.61 Å². The summed E-state index contributed by atoms with van der Waals surface area (Å²) in [6, 6.07) is 0. The van der Waals surface area contributed by atoms with Crippen molar-refractivity contribution in [3.05, 3.63) is 48.6 Å². The van der Waals surface area contributed by atoms with E-state index in [2.05, 4.69) is 62.5 Å². The fourth-order valence-electron chi connectivity index (χ4n) is 10.7. The quantitative estimate of drug-likeness (QED) is 0.0373. The van der Waals surface area contributed by atoms with Crippen molar-refractivity contribution in [2.75, 3.05) is 13.2 Å². The predicted octanol–water partition coefficient (Wildman–Crippen LogP) is 23.9. The number of aliphatic hydroxyl groups excluding tert-OH is 1. The highest BCUT2D eigenvalue weighted by Crippen LogP contribution is 2.19. The van der Waals surface area contributed by atoms with Crippen molar-refractivity contribution in [2.24, 2.45) is 0 Å². The Bertz CT molecular complexity index is 1270. The fraction of sp³-hybridized carbons (Fsp3) is 0.861. The van der Waals surface area contributed by atoms with E-state index in [0.717, 1.165) is 64.2 Å². The molecule has 0 radical (unpaired) electrons. The molecule has 0 amide bonds. The van der Waals surface area contributed by atoms with Gasteiger partial charge in [0.2, 0.25) is 0 Å². The maximum atomic E-state index is 12.3. The number of aliphatic hydroxyl groups is 1. The molecule has 0 rings (SSSR count). The topological polar surface area (TPSA) is 72.8 Å². The molecule has 0 bridgehead atoms. The Balaban J connectivity index is 3.36.